The van der Waals surface area contributed by atoms with Gasteiger partial charge in [0, 0.05) is 31.4 Å². The molecule has 1 fully saturated rings. The Hall–Kier alpha value is -1.63. The van der Waals surface area contributed by atoms with Gasteiger partial charge in [0.25, 0.3) is 0 Å². The van der Waals surface area contributed by atoms with Gasteiger partial charge in [0.1, 0.15) is 0 Å². The number of thiazole rings is 1. The fourth-order valence-corrected chi connectivity index (χ4v) is 3.12. The number of rotatable bonds is 3. The van der Waals surface area contributed by atoms with Crippen LogP contribution < -0.4 is 10.6 Å². The zero-order chi connectivity index (χ0) is 15.4. The molecule has 2 rings (SSSR count). The van der Waals surface area contributed by atoms with E-state index >= 15 is 0 Å². The van der Waals surface area contributed by atoms with Crippen LogP contribution in [0.15, 0.2) is 5.38 Å². The van der Waals surface area contributed by atoms with Gasteiger partial charge in [-0.2, -0.15) is 0 Å². The second-order valence-corrected chi connectivity index (χ2v) is 6.47. The molecule has 7 heteroatoms. The highest BCUT2D eigenvalue weighted by Gasteiger charge is 2.22. The van der Waals surface area contributed by atoms with E-state index in [1.54, 1.807) is 18.3 Å². The fraction of sp³-hybridized carbons (Fsp3) is 0.643. The van der Waals surface area contributed by atoms with Gasteiger partial charge in [-0.25, -0.2) is 9.78 Å². The minimum atomic E-state index is -0.172. The summed E-state index contributed by atoms with van der Waals surface area (Å²) in [5.41, 5.74) is 0.888. The van der Waals surface area contributed by atoms with Gasteiger partial charge in [-0.05, 0) is 26.7 Å². The van der Waals surface area contributed by atoms with E-state index in [2.05, 4.69) is 15.6 Å². The highest BCUT2D eigenvalue weighted by molar-refractivity contribution is 7.09. The largest absolute Gasteiger partial charge is 0.343 e. The molecule has 1 unspecified atom stereocenters. The summed E-state index contributed by atoms with van der Waals surface area (Å²) in [5.74, 6) is 0.102. The molecule has 6 nitrogen and oxygen atoms in total. The van der Waals surface area contributed by atoms with Crippen LogP contribution in [0, 0.1) is 6.92 Å². The molecule has 0 aromatic carbocycles. The third-order valence-electron chi connectivity index (χ3n) is 3.70. The topological polar surface area (TPSA) is 74.3 Å². The van der Waals surface area contributed by atoms with Crippen LogP contribution in [0.4, 0.5) is 4.79 Å². The van der Waals surface area contributed by atoms with E-state index in [0.717, 1.165) is 23.5 Å². The first-order valence-corrected chi connectivity index (χ1v) is 8.08. The maximum atomic E-state index is 12.0. The normalized spacial score (nSPS) is 17.4. The molecule has 1 aliphatic heterocycles. The average molecular weight is 310 g/mol. The van der Waals surface area contributed by atoms with Crippen LogP contribution in [0.25, 0.3) is 0 Å². The van der Waals surface area contributed by atoms with Crippen LogP contribution in [0.3, 0.4) is 0 Å². The number of urea groups is 1. The Morgan fingerprint density at radius 2 is 2.10 bits per heavy atom. The number of carbonyl (C=O) groups excluding carboxylic acids is 2. The monoisotopic (exact) mass is 310 g/mol. The third kappa shape index (κ3) is 4.42. The first-order valence-electron chi connectivity index (χ1n) is 7.20. The lowest BCUT2D eigenvalue weighted by molar-refractivity contribution is -0.129. The molecule has 21 heavy (non-hydrogen) atoms. The average Bonchev–Trinajstić information content (AvgIpc) is 2.86. The summed E-state index contributed by atoms with van der Waals surface area (Å²) >= 11 is 1.58. The van der Waals surface area contributed by atoms with Crippen LogP contribution >= 0.6 is 11.3 Å². The van der Waals surface area contributed by atoms with Gasteiger partial charge in [0.2, 0.25) is 5.91 Å². The maximum absolute atomic E-state index is 12.0. The van der Waals surface area contributed by atoms with E-state index in [4.69, 9.17) is 0 Å². The lowest BCUT2D eigenvalue weighted by atomic mass is 10.1. The second-order valence-electron chi connectivity index (χ2n) is 5.41. The summed E-state index contributed by atoms with van der Waals surface area (Å²) in [4.78, 5) is 29.4. The summed E-state index contributed by atoms with van der Waals surface area (Å²) in [5, 5.41) is 8.84. The standard InChI is InChI=1S/C14H22N4O2S/c1-9(13-8-21-10(2)16-13)15-14(20)17-12-4-6-18(7-5-12)11(3)19/h8-9,12H,4-7H2,1-3H3,(H2,15,17,20). The summed E-state index contributed by atoms with van der Waals surface area (Å²) in [6.45, 7) is 6.87. The van der Waals surface area contributed by atoms with Gasteiger partial charge in [-0.3, -0.25) is 4.79 Å². The molecule has 2 heterocycles. The van der Waals surface area contributed by atoms with Crippen LogP contribution in [0.2, 0.25) is 0 Å². The number of piperidine rings is 1. The first kappa shape index (κ1) is 15.8. The van der Waals surface area contributed by atoms with Crippen LogP contribution in [-0.4, -0.2) is 41.0 Å². The Morgan fingerprint density at radius 1 is 1.43 bits per heavy atom. The molecule has 3 amide bonds. The van der Waals surface area contributed by atoms with E-state index in [9.17, 15) is 9.59 Å². The minimum Gasteiger partial charge on any atom is -0.343 e. The SMILES string of the molecule is CC(=O)N1CCC(NC(=O)NC(C)c2csc(C)n2)CC1. The minimum absolute atomic E-state index is 0.102. The zero-order valence-corrected chi connectivity index (χ0v) is 13.5. The number of nitrogens with one attached hydrogen (secondary N) is 2. The Kier molecular flexibility index (Phi) is 5.17. The molecule has 1 aromatic heterocycles. The summed E-state index contributed by atoms with van der Waals surface area (Å²) < 4.78 is 0. The number of aryl methyl sites for hydroxylation is 1. The second kappa shape index (κ2) is 6.89. The molecule has 116 valence electrons. The van der Waals surface area contributed by atoms with Crippen molar-refractivity contribution in [1.29, 1.82) is 0 Å². The molecular weight excluding hydrogens is 288 g/mol. The molecule has 1 aliphatic rings. The Balaban J connectivity index is 1.76. The third-order valence-corrected chi connectivity index (χ3v) is 4.50. The van der Waals surface area contributed by atoms with Gasteiger partial charge in [0.15, 0.2) is 0 Å². The Labute approximate surface area is 128 Å². The van der Waals surface area contributed by atoms with Gasteiger partial charge >= 0.3 is 6.03 Å². The Bertz CT molecular complexity index is 509. The zero-order valence-electron chi connectivity index (χ0n) is 12.7. The molecule has 0 saturated carbocycles. The molecule has 2 N–H and O–H groups in total. The smallest absolute Gasteiger partial charge is 0.315 e. The van der Waals surface area contributed by atoms with Crippen molar-refractivity contribution in [1.82, 2.24) is 20.5 Å². The quantitative estimate of drug-likeness (QED) is 0.894. The predicted octanol–water partition coefficient (Wildman–Crippen LogP) is 1.82. The number of nitrogens with zero attached hydrogens (tertiary/aromatic N) is 2. The van der Waals surface area contributed by atoms with Crippen molar-refractivity contribution in [3.8, 4) is 0 Å². The van der Waals surface area contributed by atoms with Gasteiger partial charge in [-0.15, -0.1) is 11.3 Å². The van der Waals surface area contributed by atoms with Gasteiger partial charge in [0.05, 0.1) is 16.7 Å². The van der Waals surface area contributed by atoms with Gasteiger partial charge < -0.3 is 15.5 Å². The number of likely N-dealkylation sites (tertiary alicyclic amines) is 1. The van der Waals surface area contributed by atoms with Crippen LogP contribution in [0.1, 0.15) is 43.4 Å². The number of carbonyl (C=O) groups is 2. The molecule has 1 saturated heterocycles. The highest BCUT2D eigenvalue weighted by Crippen LogP contribution is 2.16. The van der Waals surface area contributed by atoms with Crippen molar-refractivity contribution in [2.24, 2.45) is 0 Å². The number of amides is 3. The molecule has 0 radical (unpaired) electrons. The fourth-order valence-electron chi connectivity index (χ4n) is 2.42. The molecule has 0 bridgehead atoms. The summed E-state index contributed by atoms with van der Waals surface area (Å²) in [7, 11) is 0. The summed E-state index contributed by atoms with van der Waals surface area (Å²) in [6, 6.07) is -0.147. The molecular formula is C14H22N4O2S. The van der Waals surface area contributed by atoms with Gasteiger partial charge in [-0.1, -0.05) is 0 Å². The lowest BCUT2D eigenvalue weighted by Crippen LogP contribution is -2.49. The van der Waals surface area contributed by atoms with Crippen molar-refractivity contribution in [3.05, 3.63) is 16.1 Å². The van der Waals surface area contributed by atoms with E-state index in [0.29, 0.717) is 13.1 Å². The number of hydrogen-bond donors (Lipinski definition) is 2. The van der Waals surface area contributed by atoms with E-state index in [1.807, 2.05) is 24.1 Å². The molecule has 0 spiro atoms. The molecule has 1 aromatic rings. The lowest BCUT2D eigenvalue weighted by Gasteiger charge is -2.31. The van der Waals surface area contributed by atoms with Crippen molar-refractivity contribution < 1.29 is 9.59 Å². The van der Waals surface area contributed by atoms with Crippen molar-refractivity contribution in [2.75, 3.05) is 13.1 Å². The number of hydrogen-bond acceptors (Lipinski definition) is 4. The number of aromatic nitrogens is 1. The van der Waals surface area contributed by atoms with Crippen LogP contribution in [0.5, 0.6) is 0 Å². The Morgan fingerprint density at radius 3 is 2.62 bits per heavy atom. The van der Waals surface area contributed by atoms with Crippen LogP contribution in [-0.2, 0) is 4.79 Å². The van der Waals surface area contributed by atoms with Crippen molar-refractivity contribution in [2.45, 2.75) is 45.7 Å². The summed E-state index contributed by atoms with van der Waals surface area (Å²) in [6.07, 6.45) is 1.61. The maximum Gasteiger partial charge on any atom is 0.315 e. The van der Waals surface area contributed by atoms with Crippen molar-refractivity contribution in [3.63, 3.8) is 0 Å². The highest BCUT2D eigenvalue weighted by atomic mass is 32.1. The van der Waals surface area contributed by atoms with E-state index < -0.39 is 0 Å². The first-order chi connectivity index (χ1) is 9.95. The van der Waals surface area contributed by atoms with Crippen molar-refractivity contribution >= 4 is 23.3 Å². The predicted molar refractivity (Wildman–Crippen MR) is 82.2 cm³/mol. The van der Waals surface area contributed by atoms with E-state index in [1.165, 1.54) is 0 Å². The molecule has 0 aliphatic carbocycles. The van der Waals surface area contributed by atoms with E-state index in [-0.39, 0.29) is 24.0 Å². The molecule has 1 atom stereocenters.